The monoisotopic (exact) mass is 288 g/mol. The van der Waals surface area contributed by atoms with Crippen LogP contribution in [0.4, 0.5) is 14.5 Å². The van der Waals surface area contributed by atoms with Crippen LogP contribution in [0.3, 0.4) is 0 Å². The Hall–Kier alpha value is -1.24. The van der Waals surface area contributed by atoms with E-state index in [1.807, 2.05) is 6.92 Å². The molecule has 0 radical (unpaired) electrons. The summed E-state index contributed by atoms with van der Waals surface area (Å²) in [5, 5.41) is 12.6. The fourth-order valence-corrected chi connectivity index (χ4v) is 2.01. The molecule has 0 aliphatic rings. The van der Waals surface area contributed by atoms with Crippen LogP contribution in [-0.4, -0.2) is 45.1 Å². The molecule has 1 rings (SSSR count). The van der Waals surface area contributed by atoms with Gasteiger partial charge in [0.1, 0.15) is 17.3 Å². The van der Waals surface area contributed by atoms with Gasteiger partial charge in [0.05, 0.1) is 12.7 Å². The largest absolute Gasteiger partial charge is 0.389 e. The van der Waals surface area contributed by atoms with Gasteiger partial charge in [-0.25, -0.2) is 8.78 Å². The number of ether oxygens (including phenoxy) is 1. The Balaban J connectivity index is 2.84. The Morgan fingerprint density at radius 2 is 1.95 bits per heavy atom. The van der Waals surface area contributed by atoms with Crippen LogP contribution in [0.2, 0.25) is 0 Å². The van der Waals surface area contributed by atoms with Gasteiger partial charge in [-0.3, -0.25) is 0 Å². The van der Waals surface area contributed by atoms with Gasteiger partial charge in [0, 0.05) is 27.2 Å². The van der Waals surface area contributed by atoms with Crippen molar-refractivity contribution < 1.29 is 18.6 Å². The summed E-state index contributed by atoms with van der Waals surface area (Å²) in [6.07, 6.45) is -0.801. The summed E-state index contributed by atoms with van der Waals surface area (Å²) in [5.74, 6) is -1.27. The van der Waals surface area contributed by atoms with Crippen LogP contribution in [0.25, 0.3) is 0 Å². The summed E-state index contributed by atoms with van der Waals surface area (Å²) in [7, 11) is 2.99. The Morgan fingerprint density at radius 1 is 1.35 bits per heavy atom. The van der Waals surface area contributed by atoms with Crippen LogP contribution in [0.15, 0.2) is 12.1 Å². The summed E-state index contributed by atoms with van der Waals surface area (Å²) < 4.78 is 32.8. The fraction of sp³-hybridized carbons (Fsp3) is 0.571. The molecular weight excluding hydrogens is 266 g/mol. The Labute approximate surface area is 118 Å². The lowest BCUT2D eigenvalue weighted by Crippen LogP contribution is -2.33. The van der Waals surface area contributed by atoms with Crippen molar-refractivity contribution in [3.05, 3.63) is 29.3 Å². The first-order valence-corrected chi connectivity index (χ1v) is 6.56. The van der Waals surface area contributed by atoms with Gasteiger partial charge in [-0.2, -0.15) is 0 Å². The summed E-state index contributed by atoms with van der Waals surface area (Å²) in [6.45, 7) is 3.28. The predicted octanol–water partition coefficient (Wildman–Crippen LogP) is 1.52. The van der Waals surface area contributed by atoms with Gasteiger partial charge >= 0.3 is 0 Å². The molecule has 0 aliphatic heterocycles. The van der Waals surface area contributed by atoms with Crippen LogP contribution < -0.4 is 10.2 Å². The molecule has 1 atom stereocenters. The molecule has 4 nitrogen and oxygen atoms in total. The fourth-order valence-electron chi connectivity index (χ4n) is 2.01. The Morgan fingerprint density at radius 3 is 2.45 bits per heavy atom. The first-order valence-electron chi connectivity index (χ1n) is 6.56. The number of aliphatic hydroxyl groups is 1. The molecule has 0 heterocycles. The first kappa shape index (κ1) is 16.8. The van der Waals surface area contributed by atoms with Crippen molar-refractivity contribution in [1.29, 1.82) is 0 Å². The number of likely N-dealkylation sites (N-methyl/N-ethyl adjacent to an activating group) is 1. The van der Waals surface area contributed by atoms with Crippen LogP contribution in [-0.2, 0) is 11.3 Å². The Kier molecular flexibility index (Phi) is 6.84. The van der Waals surface area contributed by atoms with Crippen molar-refractivity contribution in [2.75, 3.05) is 38.8 Å². The lowest BCUT2D eigenvalue weighted by molar-refractivity contribution is 0.0693. The molecule has 0 aromatic heterocycles. The number of aliphatic hydroxyl groups excluding tert-OH is 1. The average molecular weight is 288 g/mol. The third-order valence-electron chi connectivity index (χ3n) is 2.88. The van der Waals surface area contributed by atoms with Crippen molar-refractivity contribution in [3.8, 4) is 0 Å². The highest BCUT2D eigenvalue weighted by atomic mass is 19.1. The maximum atomic E-state index is 14.0. The number of hydrogen-bond donors (Lipinski definition) is 2. The molecule has 20 heavy (non-hydrogen) atoms. The highest BCUT2D eigenvalue weighted by molar-refractivity contribution is 5.50. The number of nitrogens with zero attached hydrogens (tertiary/aromatic N) is 1. The third-order valence-corrected chi connectivity index (χ3v) is 2.88. The van der Waals surface area contributed by atoms with Gasteiger partial charge in [0.15, 0.2) is 0 Å². The normalized spacial score (nSPS) is 12.5. The smallest absolute Gasteiger partial charge is 0.149 e. The SMILES string of the molecule is CCNCc1cc(F)c(N(C)CC(O)COC)c(F)c1. The lowest BCUT2D eigenvalue weighted by Gasteiger charge is -2.23. The zero-order chi connectivity index (χ0) is 15.1. The van der Waals surface area contributed by atoms with Crippen molar-refractivity contribution in [2.24, 2.45) is 0 Å². The molecular formula is C14H22F2N2O2. The highest BCUT2D eigenvalue weighted by Crippen LogP contribution is 2.24. The maximum Gasteiger partial charge on any atom is 0.149 e. The second-order valence-corrected chi connectivity index (χ2v) is 4.68. The highest BCUT2D eigenvalue weighted by Gasteiger charge is 2.17. The number of hydrogen-bond acceptors (Lipinski definition) is 4. The van der Waals surface area contributed by atoms with Crippen LogP contribution in [0.1, 0.15) is 12.5 Å². The van der Waals surface area contributed by atoms with Crippen molar-refractivity contribution in [2.45, 2.75) is 19.6 Å². The molecule has 114 valence electrons. The maximum absolute atomic E-state index is 14.0. The molecule has 0 amide bonds. The van der Waals surface area contributed by atoms with Gasteiger partial charge in [-0.1, -0.05) is 6.92 Å². The van der Waals surface area contributed by atoms with E-state index in [4.69, 9.17) is 4.74 Å². The molecule has 6 heteroatoms. The second kappa shape index (κ2) is 8.14. The number of halogens is 2. The van der Waals surface area contributed by atoms with E-state index in [0.717, 1.165) is 6.54 Å². The number of anilines is 1. The molecule has 0 saturated heterocycles. The van der Waals surface area contributed by atoms with Crippen LogP contribution in [0, 0.1) is 11.6 Å². The molecule has 1 aromatic rings. The van der Waals surface area contributed by atoms with E-state index in [2.05, 4.69) is 5.32 Å². The molecule has 0 fully saturated rings. The van der Waals surface area contributed by atoms with Crippen molar-refractivity contribution in [3.63, 3.8) is 0 Å². The molecule has 1 unspecified atom stereocenters. The lowest BCUT2D eigenvalue weighted by atomic mass is 10.1. The third kappa shape index (κ3) is 4.70. The number of nitrogens with one attached hydrogen (secondary N) is 1. The number of rotatable bonds is 8. The van der Waals surface area contributed by atoms with Crippen molar-refractivity contribution >= 4 is 5.69 Å². The summed E-state index contributed by atoms with van der Waals surface area (Å²) in [6, 6.07) is 2.61. The zero-order valence-electron chi connectivity index (χ0n) is 12.1. The molecule has 0 spiro atoms. The van der Waals surface area contributed by atoms with E-state index in [1.165, 1.54) is 31.2 Å². The molecule has 0 aliphatic carbocycles. The van der Waals surface area contributed by atoms with Gasteiger partial charge in [-0.15, -0.1) is 0 Å². The van der Waals surface area contributed by atoms with Crippen LogP contribution in [0.5, 0.6) is 0 Å². The van der Waals surface area contributed by atoms with Gasteiger partial charge in [-0.05, 0) is 24.2 Å². The predicted molar refractivity (Wildman–Crippen MR) is 74.9 cm³/mol. The molecule has 0 bridgehead atoms. The first-order chi connectivity index (χ1) is 9.49. The molecule has 1 aromatic carbocycles. The minimum absolute atomic E-state index is 0.0915. The van der Waals surface area contributed by atoms with Crippen molar-refractivity contribution in [1.82, 2.24) is 5.32 Å². The Bertz CT molecular complexity index is 407. The average Bonchev–Trinajstić information content (AvgIpc) is 2.35. The number of benzene rings is 1. The summed E-state index contributed by atoms with van der Waals surface area (Å²) in [5.41, 5.74) is 0.414. The van der Waals surface area contributed by atoms with E-state index in [9.17, 15) is 13.9 Å². The van der Waals surface area contributed by atoms with E-state index in [-0.39, 0.29) is 18.8 Å². The van der Waals surface area contributed by atoms with Gasteiger partial charge in [0.25, 0.3) is 0 Å². The van der Waals surface area contributed by atoms with E-state index >= 15 is 0 Å². The molecule has 2 N–H and O–H groups in total. The van der Waals surface area contributed by atoms with E-state index in [1.54, 1.807) is 0 Å². The van der Waals surface area contributed by atoms with E-state index < -0.39 is 17.7 Å². The quantitative estimate of drug-likeness (QED) is 0.761. The van der Waals surface area contributed by atoms with Gasteiger partial charge < -0.3 is 20.1 Å². The van der Waals surface area contributed by atoms with E-state index in [0.29, 0.717) is 12.1 Å². The summed E-state index contributed by atoms with van der Waals surface area (Å²) >= 11 is 0. The number of methoxy groups -OCH3 is 1. The zero-order valence-corrected chi connectivity index (χ0v) is 12.1. The van der Waals surface area contributed by atoms with Crippen LogP contribution >= 0.6 is 0 Å². The minimum Gasteiger partial charge on any atom is -0.389 e. The van der Waals surface area contributed by atoms with Gasteiger partial charge in [0.2, 0.25) is 0 Å². The standard InChI is InChI=1S/C14H22F2N2O2/c1-4-17-7-10-5-12(15)14(13(16)6-10)18(2)8-11(19)9-20-3/h5-6,11,17,19H,4,7-9H2,1-3H3. The minimum atomic E-state index is -0.801. The second-order valence-electron chi connectivity index (χ2n) is 4.68. The topological polar surface area (TPSA) is 44.7 Å². The summed E-state index contributed by atoms with van der Waals surface area (Å²) in [4.78, 5) is 1.35. The molecule has 0 saturated carbocycles.